The molecular formula is C22H36N2. The third-order valence-corrected chi connectivity index (χ3v) is 6.59. The molecule has 2 aliphatic carbocycles. The molecule has 0 heterocycles. The molecule has 1 aromatic rings. The topological polar surface area (TPSA) is 38.0 Å². The fraction of sp³-hybridized carbons (Fsp3) is 0.727. The van der Waals surface area contributed by atoms with Crippen LogP contribution in [-0.4, -0.2) is 5.54 Å². The predicted molar refractivity (Wildman–Crippen MR) is 105 cm³/mol. The fourth-order valence-electron chi connectivity index (χ4n) is 5.54. The van der Waals surface area contributed by atoms with Crippen molar-refractivity contribution in [2.75, 3.05) is 11.1 Å². The Morgan fingerprint density at radius 3 is 2.04 bits per heavy atom. The van der Waals surface area contributed by atoms with Crippen LogP contribution >= 0.6 is 0 Å². The first-order valence-electron chi connectivity index (χ1n) is 10.4. The standard InChI is InChI=1S/C22H36N2/c1-2-16-22(18-10-5-3-6-11-18,19-12-7-4-8-13-19)24-21-15-9-14-20(23)17-21/h9,14-15,17-19,24H,2-8,10-13,16,23H2,1H3. The SMILES string of the molecule is CCCC(Nc1cccc(N)c1)(C1CCCCC1)C1CCCCC1. The normalized spacial score (nSPS) is 20.9. The minimum atomic E-state index is 0.281. The molecular weight excluding hydrogens is 292 g/mol. The summed E-state index contributed by atoms with van der Waals surface area (Å²) in [5.74, 6) is 1.66. The van der Waals surface area contributed by atoms with Crippen LogP contribution in [0.25, 0.3) is 0 Å². The minimum absolute atomic E-state index is 0.281. The van der Waals surface area contributed by atoms with Crippen molar-refractivity contribution in [1.29, 1.82) is 0 Å². The van der Waals surface area contributed by atoms with E-state index < -0.39 is 0 Å². The van der Waals surface area contributed by atoms with Crippen molar-refractivity contribution in [3.05, 3.63) is 24.3 Å². The summed E-state index contributed by atoms with van der Waals surface area (Å²) in [5, 5.41) is 4.09. The Labute approximate surface area is 148 Å². The van der Waals surface area contributed by atoms with E-state index >= 15 is 0 Å². The summed E-state index contributed by atoms with van der Waals surface area (Å²) in [6, 6.07) is 8.44. The molecule has 0 aromatic heterocycles. The molecule has 3 rings (SSSR count). The maximum absolute atomic E-state index is 6.07. The zero-order chi connectivity index (χ0) is 16.8. The van der Waals surface area contributed by atoms with Gasteiger partial charge >= 0.3 is 0 Å². The zero-order valence-corrected chi connectivity index (χ0v) is 15.5. The lowest BCUT2D eigenvalue weighted by Crippen LogP contribution is -2.53. The quantitative estimate of drug-likeness (QED) is 0.594. The molecule has 2 fully saturated rings. The average Bonchev–Trinajstić information content (AvgIpc) is 2.63. The van der Waals surface area contributed by atoms with Gasteiger partial charge in [0.05, 0.1) is 0 Å². The van der Waals surface area contributed by atoms with Crippen molar-refractivity contribution in [2.45, 2.75) is 89.5 Å². The van der Waals surface area contributed by atoms with Gasteiger partial charge in [-0.05, 0) is 62.1 Å². The van der Waals surface area contributed by atoms with Crippen LogP contribution in [0.5, 0.6) is 0 Å². The summed E-state index contributed by atoms with van der Waals surface area (Å²) in [4.78, 5) is 0. The Hall–Kier alpha value is -1.18. The van der Waals surface area contributed by atoms with Crippen LogP contribution in [0.1, 0.15) is 84.0 Å². The molecule has 24 heavy (non-hydrogen) atoms. The molecule has 2 nitrogen and oxygen atoms in total. The average molecular weight is 329 g/mol. The van der Waals surface area contributed by atoms with Crippen molar-refractivity contribution in [3.8, 4) is 0 Å². The number of nitrogens with one attached hydrogen (secondary N) is 1. The number of hydrogen-bond donors (Lipinski definition) is 2. The number of benzene rings is 1. The van der Waals surface area contributed by atoms with Gasteiger partial charge in [0.25, 0.3) is 0 Å². The molecule has 0 amide bonds. The van der Waals surface area contributed by atoms with E-state index in [-0.39, 0.29) is 5.54 Å². The van der Waals surface area contributed by atoms with Crippen LogP contribution in [0.3, 0.4) is 0 Å². The molecule has 0 saturated heterocycles. The molecule has 134 valence electrons. The summed E-state index contributed by atoms with van der Waals surface area (Å²) >= 11 is 0. The maximum Gasteiger partial charge on any atom is 0.0429 e. The van der Waals surface area contributed by atoms with E-state index in [2.05, 4.69) is 30.4 Å². The van der Waals surface area contributed by atoms with E-state index in [4.69, 9.17) is 5.73 Å². The van der Waals surface area contributed by atoms with E-state index in [0.717, 1.165) is 17.5 Å². The van der Waals surface area contributed by atoms with Crippen molar-refractivity contribution < 1.29 is 0 Å². The van der Waals surface area contributed by atoms with Crippen LogP contribution in [0.2, 0.25) is 0 Å². The first-order valence-corrected chi connectivity index (χ1v) is 10.4. The zero-order valence-electron chi connectivity index (χ0n) is 15.5. The first kappa shape index (κ1) is 17.6. The van der Waals surface area contributed by atoms with Gasteiger partial charge in [-0.25, -0.2) is 0 Å². The second-order valence-corrected chi connectivity index (χ2v) is 8.21. The summed E-state index contributed by atoms with van der Waals surface area (Å²) in [7, 11) is 0. The van der Waals surface area contributed by atoms with E-state index in [1.807, 2.05) is 6.07 Å². The molecule has 2 aliphatic rings. The predicted octanol–water partition coefficient (Wildman–Crippen LogP) is 6.38. The highest BCUT2D eigenvalue weighted by Crippen LogP contribution is 2.47. The Morgan fingerprint density at radius 2 is 1.54 bits per heavy atom. The Balaban J connectivity index is 1.92. The molecule has 2 saturated carbocycles. The molecule has 0 aliphatic heterocycles. The van der Waals surface area contributed by atoms with Gasteiger partial charge in [-0.3, -0.25) is 0 Å². The maximum atomic E-state index is 6.07. The van der Waals surface area contributed by atoms with Crippen LogP contribution in [0.4, 0.5) is 11.4 Å². The summed E-state index contributed by atoms with van der Waals surface area (Å²) in [6.45, 7) is 2.36. The number of hydrogen-bond acceptors (Lipinski definition) is 2. The number of nitrogens with two attached hydrogens (primary N) is 1. The van der Waals surface area contributed by atoms with Crippen molar-refractivity contribution in [1.82, 2.24) is 0 Å². The van der Waals surface area contributed by atoms with Gasteiger partial charge in [0, 0.05) is 16.9 Å². The van der Waals surface area contributed by atoms with Crippen molar-refractivity contribution >= 4 is 11.4 Å². The van der Waals surface area contributed by atoms with Gasteiger partial charge < -0.3 is 11.1 Å². The molecule has 1 aromatic carbocycles. The van der Waals surface area contributed by atoms with E-state index in [1.54, 1.807) is 0 Å². The summed E-state index contributed by atoms with van der Waals surface area (Å²) < 4.78 is 0. The number of anilines is 2. The Bertz CT molecular complexity index is 480. The first-order chi connectivity index (χ1) is 11.7. The largest absolute Gasteiger partial charge is 0.399 e. The molecule has 2 heteroatoms. The van der Waals surface area contributed by atoms with Crippen LogP contribution < -0.4 is 11.1 Å². The van der Waals surface area contributed by atoms with Crippen LogP contribution in [-0.2, 0) is 0 Å². The molecule has 0 atom stereocenters. The second-order valence-electron chi connectivity index (χ2n) is 8.21. The van der Waals surface area contributed by atoms with E-state index in [1.165, 1.54) is 82.7 Å². The highest BCUT2D eigenvalue weighted by Gasteiger charge is 2.44. The summed E-state index contributed by atoms with van der Waals surface area (Å²) in [6.07, 6.45) is 16.7. The smallest absolute Gasteiger partial charge is 0.0429 e. The van der Waals surface area contributed by atoms with Gasteiger partial charge in [0.1, 0.15) is 0 Å². The molecule has 0 bridgehead atoms. The van der Waals surface area contributed by atoms with Gasteiger partial charge in [0.15, 0.2) is 0 Å². The second kappa shape index (κ2) is 8.27. The third kappa shape index (κ3) is 3.90. The highest BCUT2D eigenvalue weighted by atomic mass is 15.0. The van der Waals surface area contributed by atoms with E-state index in [0.29, 0.717) is 0 Å². The monoisotopic (exact) mass is 328 g/mol. The van der Waals surface area contributed by atoms with E-state index in [9.17, 15) is 0 Å². The van der Waals surface area contributed by atoms with Crippen LogP contribution in [0.15, 0.2) is 24.3 Å². The lowest BCUT2D eigenvalue weighted by Gasteiger charge is -2.51. The lowest BCUT2D eigenvalue weighted by molar-refractivity contribution is 0.114. The van der Waals surface area contributed by atoms with Crippen molar-refractivity contribution in [3.63, 3.8) is 0 Å². The van der Waals surface area contributed by atoms with Gasteiger partial charge in [-0.1, -0.05) is 57.9 Å². The number of rotatable bonds is 6. The third-order valence-electron chi connectivity index (χ3n) is 6.59. The number of nitrogen functional groups attached to an aromatic ring is 1. The fourth-order valence-corrected chi connectivity index (χ4v) is 5.54. The highest BCUT2D eigenvalue weighted by molar-refractivity contribution is 5.55. The summed E-state index contributed by atoms with van der Waals surface area (Å²) in [5.41, 5.74) is 8.46. The lowest BCUT2D eigenvalue weighted by atomic mass is 9.62. The van der Waals surface area contributed by atoms with Gasteiger partial charge in [-0.2, -0.15) is 0 Å². The van der Waals surface area contributed by atoms with Crippen LogP contribution in [0, 0.1) is 11.8 Å². The van der Waals surface area contributed by atoms with Crippen molar-refractivity contribution in [2.24, 2.45) is 11.8 Å². The van der Waals surface area contributed by atoms with Gasteiger partial charge in [-0.15, -0.1) is 0 Å². The Kier molecular flexibility index (Phi) is 6.08. The molecule has 0 radical (unpaired) electrons. The Morgan fingerprint density at radius 1 is 0.958 bits per heavy atom. The molecule has 0 spiro atoms. The molecule has 3 N–H and O–H groups in total. The van der Waals surface area contributed by atoms with Gasteiger partial charge in [0.2, 0.25) is 0 Å². The molecule has 0 unspecified atom stereocenters. The minimum Gasteiger partial charge on any atom is -0.399 e.